The van der Waals surface area contributed by atoms with E-state index in [0.29, 0.717) is 11.1 Å². The van der Waals surface area contributed by atoms with Crippen LogP contribution in [0.4, 0.5) is 4.39 Å². The quantitative estimate of drug-likeness (QED) is 0.396. The molecule has 2 aromatic carbocycles. The molecule has 0 aliphatic heterocycles. The Hall–Kier alpha value is -2.61. The second-order valence-corrected chi connectivity index (χ2v) is 9.52. The van der Waals surface area contributed by atoms with Crippen LogP contribution in [0.2, 0.25) is 0 Å². The number of amides is 1. The Bertz CT molecular complexity index is 1020. The van der Waals surface area contributed by atoms with Crippen molar-refractivity contribution in [3.8, 4) is 0 Å². The monoisotopic (exact) mass is 476 g/mol. The molecule has 0 fully saturated rings. The standard InChI is InChI=1S/C22H22BrFN2O4/c1-21(2,3)25-20(28)22(11-14-10-16(24)8-9-17(14)19(22)27)18(12-26(29)30)13-4-6-15(23)7-5-13/h4-10,18H,11-12H2,1-3H3,(H,25,28). The van der Waals surface area contributed by atoms with Gasteiger partial charge in [0.25, 0.3) is 0 Å². The van der Waals surface area contributed by atoms with E-state index in [0.717, 1.165) is 10.5 Å². The Morgan fingerprint density at radius 2 is 1.90 bits per heavy atom. The van der Waals surface area contributed by atoms with Crippen LogP contribution in [0.3, 0.4) is 0 Å². The van der Waals surface area contributed by atoms with Crippen LogP contribution in [0.5, 0.6) is 0 Å². The van der Waals surface area contributed by atoms with Crippen molar-refractivity contribution < 1.29 is 18.9 Å². The van der Waals surface area contributed by atoms with E-state index >= 15 is 0 Å². The molecule has 8 heteroatoms. The SMILES string of the molecule is CC(C)(C)NC(=O)C1(C(C[N+](=O)[O-])c2ccc(Br)cc2)Cc2cc(F)ccc2C1=O. The maximum Gasteiger partial charge on any atom is 0.235 e. The molecule has 0 saturated heterocycles. The number of halogens is 2. The Morgan fingerprint density at radius 1 is 1.27 bits per heavy atom. The van der Waals surface area contributed by atoms with E-state index in [-0.39, 0.29) is 12.0 Å². The van der Waals surface area contributed by atoms with Crippen molar-refractivity contribution in [2.45, 2.75) is 38.6 Å². The minimum absolute atomic E-state index is 0.102. The van der Waals surface area contributed by atoms with E-state index in [1.54, 1.807) is 45.0 Å². The zero-order chi connectivity index (χ0) is 22.3. The summed E-state index contributed by atoms with van der Waals surface area (Å²) in [5.41, 5.74) is -1.30. The van der Waals surface area contributed by atoms with Gasteiger partial charge in [-0.25, -0.2) is 4.39 Å². The summed E-state index contributed by atoms with van der Waals surface area (Å²) in [6, 6.07) is 10.5. The van der Waals surface area contributed by atoms with Gasteiger partial charge in [-0.05, 0) is 68.7 Å². The van der Waals surface area contributed by atoms with Gasteiger partial charge in [0.05, 0.1) is 5.92 Å². The molecule has 0 spiro atoms. The van der Waals surface area contributed by atoms with Crippen LogP contribution < -0.4 is 5.32 Å². The molecule has 0 bridgehead atoms. The number of hydrogen-bond acceptors (Lipinski definition) is 4. The van der Waals surface area contributed by atoms with Gasteiger partial charge in [0.1, 0.15) is 11.2 Å². The van der Waals surface area contributed by atoms with E-state index in [2.05, 4.69) is 21.2 Å². The number of nitro groups is 1. The van der Waals surface area contributed by atoms with Crippen molar-refractivity contribution in [1.29, 1.82) is 0 Å². The molecule has 0 heterocycles. The second-order valence-electron chi connectivity index (χ2n) is 8.60. The molecule has 0 saturated carbocycles. The molecule has 1 aliphatic rings. The Kier molecular flexibility index (Phi) is 5.82. The van der Waals surface area contributed by atoms with E-state index in [9.17, 15) is 24.1 Å². The first-order valence-electron chi connectivity index (χ1n) is 9.47. The predicted octanol–water partition coefficient (Wildman–Crippen LogP) is 4.29. The van der Waals surface area contributed by atoms with Crippen LogP contribution in [-0.4, -0.2) is 28.7 Å². The number of hydrogen-bond donors (Lipinski definition) is 1. The number of ketones is 1. The number of carbonyl (C=O) groups is 2. The summed E-state index contributed by atoms with van der Waals surface area (Å²) in [4.78, 5) is 38.2. The van der Waals surface area contributed by atoms with Gasteiger partial charge < -0.3 is 5.32 Å². The third-order valence-electron chi connectivity index (χ3n) is 5.28. The topological polar surface area (TPSA) is 89.3 Å². The Morgan fingerprint density at radius 3 is 2.47 bits per heavy atom. The average molecular weight is 477 g/mol. The van der Waals surface area contributed by atoms with Crippen molar-refractivity contribution in [1.82, 2.24) is 5.32 Å². The number of nitrogens with one attached hydrogen (secondary N) is 1. The molecule has 2 unspecified atom stereocenters. The predicted molar refractivity (Wildman–Crippen MR) is 114 cm³/mol. The van der Waals surface area contributed by atoms with Gasteiger partial charge >= 0.3 is 0 Å². The van der Waals surface area contributed by atoms with Gasteiger partial charge in [0.2, 0.25) is 12.5 Å². The fourth-order valence-corrected chi connectivity index (χ4v) is 4.28. The van der Waals surface area contributed by atoms with Crippen LogP contribution >= 0.6 is 15.9 Å². The van der Waals surface area contributed by atoms with Gasteiger partial charge in [0.15, 0.2) is 5.78 Å². The summed E-state index contributed by atoms with van der Waals surface area (Å²) in [5, 5.41) is 14.4. The first-order chi connectivity index (χ1) is 13.9. The number of rotatable bonds is 5. The Labute approximate surface area is 182 Å². The summed E-state index contributed by atoms with van der Waals surface area (Å²) in [6.07, 6.45) is -0.102. The number of nitrogens with zero attached hydrogens (tertiary/aromatic N) is 1. The van der Waals surface area contributed by atoms with Crippen LogP contribution in [0, 0.1) is 21.3 Å². The third kappa shape index (κ3) is 4.14. The van der Waals surface area contributed by atoms with Crippen molar-refractivity contribution in [2.24, 2.45) is 5.41 Å². The lowest BCUT2D eigenvalue weighted by Crippen LogP contribution is -2.55. The molecular formula is C22H22BrFN2O4. The highest BCUT2D eigenvalue weighted by atomic mass is 79.9. The lowest BCUT2D eigenvalue weighted by atomic mass is 9.68. The minimum atomic E-state index is -1.75. The van der Waals surface area contributed by atoms with Crippen LogP contribution in [0.15, 0.2) is 46.9 Å². The van der Waals surface area contributed by atoms with E-state index < -0.39 is 45.8 Å². The summed E-state index contributed by atoms with van der Waals surface area (Å²) in [7, 11) is 0. The number of Topliss-reactive ketones (excluding diaryl/α,β-unsaturated/α-hetero) is 1. The highest BCUT2D eigenvalue weighted by molar-refractivity contribution is 9.10. The van der Waals surface area contributed by atoms with Crippen LogP contribution in [0.1, 0.15) is 48.2 Å². The first kappa shape index (κ1) is 22.1. The summed E-state index contributed by atoms with van der Waals surface area (Å²) >= 11 is 3.33. The van der Waals surface area contributed by atoms with E-state index in [1.807, 2.05) is 0 Å². The molecule has 0 aromatic heterocycles. The maximum absolute atomic E-state index is 13.9. The maximum atomic E-state index is 13.9. The zero-order valence-corrected chi connectivity index (χ0v) is 18.5. The molecule has 2 atom stereocenters. The van der Waals surface area contributed by atoms with Crippen LogP contribution in [-0.2, 0) is 11.2 Å². The number of carbonyl (C=O) groups excluding carboxylic acids is 2. The second kappa shape index (κ2) is 7.91. The fraction of sp³-hybridized carbons (Fsp3) is 0.364. The van der Waals surface area contributed by atoms with Crippen molar-refractivity contribution in [3.63, 3.8) is 0 Å². The molecule has 1 N–H and O–H groups in total. The van der Waals surface area contributed by atoms with Crippen LogP contribution in [0.25, 0.3) is 0 Å². The van der Waals surface area contributed by atoms with Crippen molar-refractivity contribution >= 4 is 27.6 Å². The normalized spacial score (nSPS) is 19.3. The fourth-order valence-electron chi connectivity index (χ4n) is 4.02. The smallest absolute Gasteiger partial charge is 0.235 e. The van der Waals surface area contributed by atoms with Crippen molar-refractivity contribution in [3.05, 3.63) is 79.6 Å². The average Bonchev–Trinajstić information content (AvgIpc) is 2.92. The molecule has 30 heavy (non-hydrogen) atoms. The molecule has 3 rings (SSSR count). The van der Waals surface area contributed by atoms with Gasteiger partial charge in [0, 0.05) is 20.5 Å². The molecule has 2 aromatic rings. The highest BCUT2D eigenvalue weighted by Gasteiger charge is 2.58. The number of fused-ring (bicyclic) bond motifs is 1. The molecule has 0 radical (unpaired) electrons. The summed E-state index contributed by atoms with van der Waals surface area (Å²) in [6.45, 7) is 4.70. The zero-order valence-electron chi connectivity index (χ0n) is 16.9. The number of benzene rings is 2. The third-order valence-corrected chi connectivity index (χ3v) is 5.81. The highest BCUT2D eigenvalue weighted by Crippen LogP contribution is 2.48. The Balaban J connectivity index is 2.22. The minimum Gasteiger partial charge on any atom is -0.351 e. The van der Waals surface area contributed by atoms with E-state index in [4.69, 9.17) is 0 Å². The molecule has 1 aliphatic carbocycles. The van der Waals surface area contributed by atoms with E-state index in [1.165, 1.54) is 12.1 Å². The van der Waals surface area contributed by atoms with Gasteiger partial charge in [-0.2, -0.15) is 0 Å². The molecule has 1 amide bonds. The lowest BCUT2D eigenvalue weighted by molar-refractivity contribution is -0.485. The van der Waals surface area contributed by atoms with Crippen molar-refractivity contribution in [2.75, 3.05) is 6.54 Å². The first-order valence-corrected chi connectivity index (χ1v) is 10.3. The molecular weight excluding hydrogens is 455 g/mol. The molecule has 158 valence electrons. The van der Waals surface area contributed by atoms with Gasteiger partial charge in [-0.15, -0.1) is 0 Å². The van der Waals surface area contributed by atoms with Gasteiger partial charge in [-0.3, -0.25) is 19.7 Å². The summed E-state index contributed by atoms with van der Waals surface area (Å²) in [5.74, 6) is -2.66. The lowest BCUT2D eigenvalue weighted by Gasteiger charge is -2.35. The molecule has 6 nitrogen and oxygen atoms in total. The summed E-state index contributed by atoms with van der Waals surface area (Å²) < 4.78 is 14.6. The largest absolute Gasteiger partial charge is 0.351 e. The van der Waals surface area contributed by atoms with Gasteiger partial charge in [-0.1, -0.05) is 28.1 Å².